The minimum atomic E-state index is -1.30. The van der Waals surface area contributed by atoms with E-state index in [9.17, 15) is 19.1 Å². The molecule has 0 spiro atoms. The number of nitrogens with zero attached hydrogens (tertiary/aromatic N) is 4. The molecule has 0 bridgehead atoms. The summed E-state index contributed by atoms with van der Waals surface area (Å²) in [6.45, 7) is 2.90. The van der Waals surface area contributed by atoms with Crippen molar-refractivity contribution in [2.24, 2.45) is 0 Å². The topological polar surface area (TPSA) is 112 Å². The number of carbonyl (C=O) groups is 1. The van der Waals surface area contributed by atoms with Gasteiger partial charge in [0.05, 0.1) is 16.8 Å². The molecule has 5 heterocycles. The maximum absolute atomic E-state index is 15.5. The van der Waals surface area contributed by atoms with Gasteiger partial charge in [0.1, 0.15) is 11.2 Å². The Hall–Kier alpha value is -4.38. The minimum Gasteiger partial charge on any atom is -0.477 e. The highest BCUT2D eigenvalue weighted by Crippen LogP contribution is 2.50. The Morgan fingerprint density at radius 3 is 2.66 bits per heavy atom. The molecule has 3 N–H and O–H groups in total. The van der Waals surface area contributed by atoms with Crippen LogP contribution in [0.1, 0.15) is 46.9 Å². The Balaban J connectivity index is 1.49. The summed E-state index contributed by atoms with van der Waals surface area (Å²) in [6.07, 6.45) is 7.79. The minimum absolute atomic E-state index is 0.0351. The van der Waals surface area contributed by atoms with E-state index in [-0.39, 0.29) is 22.6 Å². The van der Waals surface area contributed by atoms with Crippen LogP contribution in [0.5, 0.6) is 0 Å². The van der Waals surface area contributed by atoms with E-state index in [4.69, 9.17) is 4.98 Å². The predicted octanol–water partition coefficient (Wildman–Crippen LogP) is 4.18. The summed E-state index contributed by atoms with van der Waals surface area (Å²) in [5.74, 6) is -3.14. The van der Waals surface area contributed by atoms with Crippen molar-refractivity contribution < 1.29 is 18.7 Å². The lowest BCUT2D eigenvalue weighted by atomic mass is 9.97. The average Bonchev–Trinajstić information content (AvgIpc) is 3.76. The van der Waals surface area contributed by atoms with Gasteiger partial charge in [0.2, 0.25) is 5.43 Å². The highest BCUT2D eigenvalue weighted by atomic mass is 19.2. The maximum atomic E-state index is 15.5. The van der Waals surface area contributed by atoms with Crippen molar-refractivity contribution in [2.45, 2.75) is 31.7 Å². The van der Waals surface area contributed by atoms with E-state index >= 15 is 4.39 Å². The number of carboxylic acid groups (broad SMARTS) is 1. The summed E-state index contributed by atoms with van der Waals surface area (Å²) in [4.78, 5) is 37.0. The fourth-order valence-corrected chi connectivity index (χ4v) is 6.60. The van der Waals surface area contributed by atoms with Crippen molar-refractivity contribution in [1.29, 1.82) is 0 Å². The highest BCUT2D eigenvalue weighted by Gasteiger charge is 2.34. The second-order valence-electron chi connectivity index (χ2n) is 10.9. The highest BCUT2D eigenvalue weighted by molar-refractivity contribution is 5.98. The number of fused-ring (bicyclic) bond motifs is 4. The van der Waals surface area contributed by atoms with Gasteiger partial charge in [0.25, 0.3) is 0 Å². The quantitative estimate of drug-likeness (QED) is 0.295. The Morgan fingerprint density at radius 1 is 1.15 bits per heavy atom. The number of aromatic carboxylic acids is 1. The van der Waals surface area contributed by atoms with Crippen LogP contribution >= 0.6 is 0 Å². The van der Waals surface area contributed by atoms with E-state index in [2.05, 4.69) is 20.5 Å². The van der Waals surface area contributed by atoms with Crippen LogP contribution in [-0.4, -0.2) is 58.8 Å². The van der Waals surface area contributed by atoms with E-state index in [1.807, 2.05) is 0 Å². The number of rotatable bonds is 5. The van der Waals surface area contributed by atoms with Gasteiger partial charge in [0, 0.05) is 91.7 Å². The molecule has 2 fully saturated rings. The molecule has 1 unspecified atom stereocenters. The monoisotopic (exact) mass is 558 g/mol. The van der Waals surface area contributed by atoms with Gasteiger partial charge >= 0.3 is 5.97 Å². The summed E-state index contributed by atoms with van der Waals surface area (Å²) in [5.41, 5.74) is 3.99. The lowest BCUT2D eigenvalue weighted by Gasteiger charge is -2.25. The molecule has 41 heavy (non-hydrogen) atoms. The molecule has 7 rings (SSSR count). The number of hydrogen-bond acceptors (Lipinski definition) is 7. The Labute approximate surface area is 233 Å². The Morgan fingerprint density at radius 2 is 1.95 bits per heavy atom. The van der Waals surface area contributed by atoms with Crippen molar-refractivity contribution in [3.63, 3.8) is 0 Å². The summed E-state index contributed by atoms with van der Waals surface area (Å²) >= 11 is 0. The molecule has 210 valence electrons. The van der Waals surface area contributed by atoms with Crippen LogP contribution in [-0.2, 0) is 6.42 Å². The number of pyridine rings is 3. The fourth-order valence-electron chi connectivity index (χ4n) is 6.60. The third-order valence-electron chi connectivity index (χ3n) is 8.58. The van der Waals surface area contributed by atoms with Crippen molar-refractivity contribution in [1.82, 2.24) is 19.9 Å². The lowest BCUT2D eigenvalue weighted by molar-refractivity contribution is 0.0694. The summed E-state index contributed by atoms with van der Waals surface area (Å²) in [5, 5.41) is 16.3. The van der Waals surface area contributed by atoms with Crippen molar-refractivity contribution in [2.75, 3.05) is 43.4 Å². The van der Waals surface area contributed by atoms with Crippen LogP contribution in [0.15, 0.2) is 35.5 Å². The number of halogens is 2. The first kappa shape index (κ1) is 25.6. The van der Waals surface area contributed by atoms with Gasteiger partial charge in [0.15, 0.2) is 11.6 Å². The molecular weight excluding hydrogens is 530 g/mol. The number of aromatic nitrogens is 3. The largest absolute Gasteiger partial charge is 0.477 e. The van der Waals surface area contributed by atoms with E-state index in [1.54, 1.807) is 30.1 Å². The first-order chi connectivity index (χ1) is 19.9. The van der Waals surface area contributed by atoms with Crippen molar-refractivity contribution in [3.05, 3.63) is 69.4 Å². The van der Waals surface area contributed by atoms with Crippen LogP contribution in [0.3, 0.4) is 0 Å². The van der Waals surface area contributed by atoms with E-state index in [0.717, 1.165) is 44.6 Å². The molecule has 0 amide bonds. The number of hydrogen-bond donors (Lipinski definition) is 3. The maximum Gasteiger partial charge on any atom is 0.341 e. The molecular formula is C30H28F2N6O3. The average molecular weight is 559 g/mol. The standard InChI is InChI=1S/C30H28F2N6O3/c1-33-22-10-21(31)26(32)24-17(22)9-23-25(24)27(37-6-2-3-7-37)19(13-35-23)15-8-18-28(39)20(30(40)41)14-38(29(18)36-11-15)16-4-5-34-12-16/h8,10-11,13-14,16,33-34H,2-7,9,12H2,1H3,(H,40,41). The van der Waals surface area contributed by atoms with Crippen LogP contribution in [0.25, 0.3) is 33.3 Å². The third-order valence-corrected chi connectivity index (χ3v) is 8.58. The molecule has 3 aliphatic rings. The molecule has 4 aromatic rings. The molecule has 2 aliphatic heterocycles. The van der Waals surface area contributed by atoms with Gasteiger partial charge in [-0.3, -0.25) is 9.78 Å². The Bertz CT molecular complexity index is 1810. The number of nitrogens with one attached hydrogen (secondary N) is 2. The molecule has 2 saturated heterocycles. The normalized spacial score (nSPS) is 17.7. The molecule has 3 aromatic heterocycles. The molecule has 1 atom stereocenters. The van der Waals surface area contributed by atoms with Crippen LogP contribution in [0.4, 0.5) is 20.2 Å². The van der Waals surface area contributed by atoms with E-state index in [1.165, 1.54) is 12.3 Å². The van der Waals surface area contributed by atoms with Gasteiger partial charge in [-0.2, -0.15) is 0 Å². The first-order valence-electron chi connectivity index (χ1n) is 13.8. The zero-order valence-electron chi connectivity index (χ0n) is 22.4. The third kappa shape index (κ3) is 3.90. The molecule has 1 aromatic carbocycles. The van der Waals surface area contributed by atoms with Crippen LogP contribution < -0.4 is 21.0 Å². The zero-order chi connectivity index (χ0) is 28.4. The number of benzene rings is 1. The summed E-state index contributed by atoms with van der Waals surface area (Å²) in [7, 11) is 1.68. The number of carboxylic acids is 1. The summed E-state index contributed by atoms with van der Waals surface area (Å²) in [6, 6.07) is 2.80. The predicted molar refractivity (Wildman–Crippen MR) is 152 cm³/mol. The second-order valence-corrected chi connectivity index (χ2v) is 10.9. The molecule has 1 aliphatic carbocycles. The van der Waals surface area contributed by atoms with Gasteiger partial charge in [-0.15, -0.1) is 0 Å². The second kappa shape index (κ2) is 9.62. The first-order valence-corrected chi connectivity index (χ1v) is 13.8. The van der Waals surface area contributed by atoms with E-state index < -0.39 is 23.0 Å². The van der Waals surface area contributed by atoms with Gasteiger partial charge < -0.3 is 25.2 Å². The van der Waals surface area contributed by atoms with Crippen molar-refractivity contribution >= 4 is 28.4 Å². The molecule has 0 saturated carbocycles. The zero-order valence-corrected chi connectivity index (χ0v) is 22.4. The lowest BCUT2D eigenvalue weighted by Crippen LogP contribution is -2.23. The van der Waals surface area contributed by atoms with Crippen LogP contribution in [0, 0.1) is 11.6 Å². The smallest absolute Gasteiger partial charge is 0.341 e. The van der Waals surface area contributed by atoms with Crippen LogP contribution in [0.2, 0.25) is 0 Å². The Kier molecular flexibility index (Phi) is 6.00. The van der Waals surface area contributed by atoms with E-state index in [0.29, 0.717) is 52.2 Å². The fraction of sp³-hybridized carbons (Fsp3) is 0.333. The molecule has 9 nitrogen and oxygen atoms in total. The molecule has 11 heteroatoms. The van der Waals surface area contributed by atoms with Gasteiger partial charge in [-0.25, -0.2) is 18.6 Å². The summed E-state index contributed by atoms with van der Waals surface area (Å²) < 4.78 is 32.1. The number of anilines is 2. The SMILES string of the molecule is CNc1cc(F)c(F)c2c1Cc1ncc(-c3cnc4c(c3)c(=O)c(C(=O)O)cn4C3CCNC3)c(N3CCCC3)c1-2. The molecule has 0 radical (unpaired) electrons. The van der Waals surface area contributed by atoms with Gasteiger partial charge in [-0.1, -0.05) is 0 Å². The van der Waals surface area contributed by atoms with Gasteiger partial charge in [-0.05, 0) is 37.4 Å². The van der Waals surface area contributed by atoms with Crippen molar-refractivity contribution in [3.8, 4) is 22.3 Å².